The number of hydrogen-bond donors (Lipinski definition) is 3. The Balaban J connectivity index is 1.78. The summed E-state index contributed by atoms with van der Waals surface area (Å²) in [6.45, 7) is 10.6. The van der Waals surface area contributed by atoms with Gasteiger partial charge in [0.1, 0.15) is 45.1 Å². The summed E-state index contributed by atoms with van der Waals surface area (Å²) in [5.74, 6) is -0.0807. The van der Waals surface area contributed by atoms with Gasteiger partial charge in [0.25, 0.3) is 0 Å². The summed E-state index contributed by atoms with van der Waals surface area (Å²) >= 11 is 0. The van der Waals surface area contributed by atoms with Gasteiger partial charge in [-0.05, 0) is 25.1 Å². The molecule has 0 aliphatic carbocycles. The highest BCUT2D eigenvalue weighted by molar-refractivity contribution is 5.30. The van der Waals surface area contributed by atoms with Crippen molar-refractivity contribution in [2.24, 2.45) is 0 Å². The van der Waals surface area contributed by atoms with Gasteiger partial charge in [0.15, 0.2) is 6.04 Å². The first kappa shape index (κ1) is 13.0. The third-order valence-electron chi connectivity index (χ3n) is 4.84. The van der Waals surface area contributed by atoms with E-state index < -0.39 is 0 Å². The maximum absolute atomic E-state index is 13.5. The second-order valence-corrected chi connectivity index (χ2v) is 5.89. The van der Waals surface area contributed by atoms with Crippen LogP contribution in [0.1, 0.15) is 24.1 Å². The number of nitrogens with two attached hydrogens (primary N) is 1. The van der Waals surface area contributed by atoms with Gasteiger partial charge in [-0.3, -0.25) is 0 Å². The number of halogens is 1. The van der Waals surface area contributed by atoms with E-state index in [0.717, 1.165) is 13.1 Å². The fourth-order valence-corrected chi connectivity index (χ4v) is 3.62. The Hall–Kier alpha value is -0.970. The number of likely N-dealkylation sites (N-methyl/N-ethyl adjacent to an activating group) is 1. The molecule has 4 heteroatoms. The van der Waals surface area contributed by atoms with Crippen molar-refractivity contribution in [1.82, 2.24) is 0 Å². The fraction of sp³-hybridized carbons (Fsp3) is 0.600. The molecular weight excluding hydrogens is 241 g/mol. The van der Waals surface area contributed by atoms with E-state index in [1.165, 1.54) is 43.9 Å². The third kappa shape index (κ3) is 2.66. The van der Waals surface area contributed by atoms with E-state index in [2.05, 4.69) is 12.2 Å². The third-order valence-corrected chi connectivity index (χ3v) is 4.84. The Morgan fingerprint density at radius 3 is 2.79 bits per heavy atom. The van der Waals surface area contributed by atoms with Crippen molar-refractivity contribution in [2.75, 3.05) is 39.3 Å². The monoisotopic (exact) mass is 266 g/mol. The maximum atomic E-state index is 13.5. The van der Waals surface area contributed by atoms with Gasteiger partial charge >= 0.3 is 0 Å². The Labute approximate surface area is 114 Å². The van der Waals surface area contributed by atoms with Crippen LogP contribution in [-0.4, -0.2) is 39.3 Å². The standard InChI is InChI=1S/C15H22FN3/c1-2-18-5-7-19(8-6-18)15-11-17-10-12-3-4-13(16)9-14(12)15/h3-4,9,15,17H,2,5-8,10-11H2,1H3/p+3/t15-/m1/s1. The summed E-state index contributed by atoms with van der Waals surface area (Å²) in [6, 6.07) is 5.83. The predicted molar refractivity (Wildman–Crippen MR) is 71.6 cm³/mol. The molecule has 104 valence electrons. The van der Waals surface area contributed by atoms with Crippen molar-refractivity contribution >= 4 is 0 Å². The van der Waals surface area contributed by atoms with Gasteiger partial charge in [0.05, 0.1) is 6.54 Å². The number of quaternary nitrogens is 3. The smallest absolute Gasteiger partial charge is 0.163 e. The lowest BCUT2D eigenvalue weighted by molar-refractivity contribution is -1.03. The normalized spacial score (nSPS) is 30.9. The van der Waals surface area contributed by atoms with Crippen LogP contribution in [0.15, 0.2) is 18.2 Å². The van der Waals surface area contributed by atoms with E-state index in [4.69, 9.17) is 0 Å². The van der Waals surface area contributed by atoms with E-state index in [1.807, 2.05) is 6.07 Å². The lowest BCUT2D eigenvalue weighted by Gasteiger charge is -2.35. The van der Waals surface area contributed by atoms with Crippen LogP contribution in [0.2, 0.25) is 0 Å². The molecule has 1 aromatic rings. The Morgan fingerprint density at radius 1 is 1.26 bits per heavy atom. The van der Waals surface area contributed by atoms with Crippen LogP contribution in [0.25, 0.3) is 0 Å². The van der Waals surface area contributed by atoms with Gasteiger partial charge < -0.3 is 15.1 Å². The van der Waals surface area contributed by atoms with Gasteiger partial charge in [-0.15, -0.1) is 0 Å². The highest BCUT2D eigenvalue weighted by Gasteiger charge is 2.35. The molecule has 2 heterocycles. The number of piperazine rings is 1. The molecule has 3 rings (SSSR count). The molecule has 2 aliphatic heterocycles. The first-order valence-electron chi connectivity index (χ1n) is 7.56. The zero-order valence-electron chi connectivity index (χ0n) is 11.7. The zero-order chi connectivity index (χ0) is 13.2. The summed E-state index contributed by atoms with van der Waals surface area (Å²) < 4.78 is 13.5. The summed E-state index contributed by atoms with van der Waals surface area (Å²) in [4.78, 5) is 3.36. The molecule has 0 spiro atoms. The molecule has 1 fully saturated rings. The average Bonchev–Trinajstić information content (AvgIpc) is 2.47. The molecular formula is C15H25FN3+3. The van der Waals surface area contributed by atoms with Crippen molar-refractivity contribution < 1.29 is 19.5 Å². The molecule has 0 aromatic heterocycles. The van der Waals surface area contributed by atoms with E-state index >= 15 is 0 Å². The number of benzene rings is 1. The summed E-state index contributed by atoms with van der Waals surface area (Å²) in [7, 11) is 0. The van der Waals surface area contributed by atoms with Crippen molar-refractivity contribution in [3.8, 4) is 0 Å². The molecule has 2 aliphatic rings. The predicted octanol–water partition coefficient (Wildman–Crippen LogP) is -2.25. The molecule has 0 saturated carbocycles. The number of fused-ring (bicyclic) bond motifs is 1. The largest absolute Gasteiger partial charge is 0.337 e. The fourth-order valence-electron chi connectivity index (χ4n) is 3.62. The van der Waals surface area contributed by atoms with Crippen LogP contribution in [-0.2, 0) is 6.54 Å². The van der Waals surface area contributed by atoms with Crippen LogP contribution < -0.4 is 15.1 Å². The SMILES string of the molecule is CC[NH+]1CC[NH+]([C@@H]2C[NH2+]Cc3ccc(F)cc32)CC1. The van der Waals surface area contributed by atoms with Gasteiger partial charge in [-0.25, -0.2) is 4.39 Å². The molecule has 1 atom stereocenters. The van der Waals surface area contributed by atoms with Crippen LogP contribution in [0.5, 0.6) is 0 Å². The van der Waals surface area contributed by atoms with E-state index in [1.54, 1.807) is 21.9 Å². The molecule has 19 heavy (non-hydrogen) atoms. The molecule has 4 N–H and O–H groups in total. The van der Waals surface area contributed by atoms with Gasteiger partial charge in [0, 0.05) is 11.1 Å². The lowest BCUT2D eigenvalue weighted by Crippen LogP contribution is -3.28. The summed E-state index contributed by atoms with van der Waals surface area (Å²) in [5, 5.41) is 2.37. The van der Waals surface area contributed by atoms with Crippen LogP contribution >= 0.6 is 0 Å². The quantitative estimate of drug-likeness (QED) is 0.539. The van der Waals surface area contributed by atoms with Gasteiger partial charge in [-0.1, -0.05) is 0 Å². The van der Waals surface area contributed by atoms with Crippen molar-refractivity contribution in [3.05, 3.63) is 35.1 Å². The minimum absolute atomic E-state index is 0.0807. The Kier molecular flexibility index (Phi) is 3.82. The number of rotatable bonds is 2. The van der Waals surface area contributed by atoms with E-state index in [-0.39, 0.29) is 5.82 Å². The molecule has 1 saturated heterocycles. The van der Waals surface area contributed by atoms with Crippen molar-refractivity contribution in [3.63, 3.8) is 0 Å². The molecule has 0 amide bonds. The zero-order valence-corrected chi connectivity index (χ0v) is 11.7. The molecule has 0 radical (unpaired) electrons. The first-order valence-corrected chi connectivity index (χ1v) is 7.56. The van der Waals surface area contributed by atoms with Gasteiger partial charge in [0.2, 0.25) is 0 Å². The van der Waals surface area contributed by atoms with Crippen LogP contribution in [0.4, 0.5) is 4.39 Å². The Bertz CT molecular complexity index is 441. The van der Waals surface area contributed by atoms with E-state index in [9.17, 15) is 4.39 Å². The lowest BCUT2D eigenvalue weighted by atomic mass is 9.95. The summed E-state index contributed by atoms with van der Waals surface area (Å²) in [5.41, 5.74) is 2.59. The van der Waals surface area contributed by atoms with E-state index in [0.29, 0.717) is 6.04 Å². The topological polar surface area (TPSA) is 25.5 Å². The minimum atomic E-state index is -0.0807. The van der Waals surface area contributed by atoms with Crippen molar-refractivity contribution in [2.45, 2.75) is 19.5 Å². The highest BCUT2D eigenvalue weighted by atomic mass is 19.1. The molecule has 1 aromatic carbocycles. The average molecular weight is 266 g/mol. The highest BCUT2D eigenvalue weighted by Crippen LogP contribution is 2.18. The first-order chi connectivity index (χ1) is 9.28. The molecule has 0 unspecified atom stereocenters. The molecule has 0 bridgehead atoms. The van der Waals surface area contributed by atoms with Crippen LogP contribution in [0.3, 0.4) is 0 Å². The minimum Gasteiger partial charge on any atom is -0.337 e. The van der Waals surface area contributed by atoms with Crippen molar-refractivity contribution in [1.29, 1.82) is 0 Å². The van der Waals surface area contributed by atoms with Crippen LogP contribution in [0, 0.1) is 5.82 Å². The number of hydrogen-bond acceptors (Lipinski definition) is 0. The Morgan fingerprint density at radius 2 is 2.05 bits per heavy atom. The second kappa shape index (κ2) is 5.57. The van der Waals surface area contributed by atoms with Gasteiger partial charge in [-0.2, -0.15) is 0 Å². The number of nitrogens with one attached hydrogen (secondary N) is 2. The molecule has 3 nitrogen and oxygen atoms in total. The maximum Gasteiger partial charge on any atom is 0.163 e. The summed E-state index contributed by atoms with van der Waals surface area (Å²) in [6.07, 6.45) is 0. The second-order valence-electron chi connectivity index (χ2n) is 5.89.